The first-order valence-corrected chi connectivity index (χ1v) is 8.64. The minimum Gasteiger partial charge on any atom is -0.355 e. The van der Waals surface area contributed by atoms with E-state index in [0.717, 1.165) is 31.6 Å². The standard InChI is InChI=1S/C17H34N4.HI/c1-14-8-6-7-10-21(14)15(2)12-19-16(18-5)20-11-9-17(3,4)13-20;/h14-15H,6-13H2,1-5H3,(H,18,19);1H. The van der Waals surface area contributed by atoms with Gasteiger partial charge in [-0.25, -0.2) is 0 Å². The van der Waals surface area contributed by atoms with Crippen LogP contribution in [-0.4, -0.2) is 61.1 Å². The number of likely N-dealkylation sites (tertiary alicyclic amines) is 2. The molecule has 2 saturated heterocycles. The first kappa shape index (κ1) is 20.0. The maximum absolute atomic E-state index is 4.48. The molecule has 4 nitrogen and oxygen atoms in total. The van der Waals surface area contributed by atoms with Crippen LogP contribution in [0.5, 0.6) is 0 Å². The summed E-state index contributed by atoms with van der Waals surface area (Å²) in [5.41, 5.74) is 0.421. The van der Waals surface area contributed by atoms with E-state index in [1.54, 1.807) is 0 Å². The Morgan fingerprint density at radius 2 is 2.05 bits per heavy atom. The Labute approximate surface area is 154 Å². The fourth-order valence-electron chi connectivity index (χ4n) is 3.76. The summed E-state index contributed by atoms with van der Waals surface area (Å²) in [7, 11) is 1.90. The van der Waals surface area contributed by atoms with E-state index in [9.17, 15) is 0 Å². The summed E-state index contributed by atoms with van der Waals surface area (Å²) in [6, 6.07) is 1.30. The SMILES string of the molecule is CN=C(NCC(C)N1CCCCC1C)N1CCC(C)(C)C1.I. The Morgan fingerprint density at radius 1 is 1.32 bits per heavy atom. The number of nitrogens with zero attached hydrogens (tertiary/aromatic N) is 3. The molecule has 2 rings (SSSR count). The summed E-state index contributed by atoms with van der Waals surface area (Å²) in [6.07, 6.45) is 5.35. The molecule has 0 aliphatic carbocycles. The molecule has 22 heavy (non-hydrogen) atoms. The minimum absolute atomic E-state index is 0. The van der Waals surface area contributed by atoms with E-state index in [4.69, 9.17) is 0 Å². The molecule has 2 aliphatic rings. The summed E-state index contributed by atoms with van der Waals surface area (Å²) < 4.78 is 0. The van der Waals surface area contributed by atoms with E-state index in [1.807, 2.05) is 7.05 Å². The van der Waals surface area contributed by atoms with Crippen LogP contribution in [0.2, 0.25) is 0 Å². The van der Waals surface area contributed by atoms with E-state index in [-0.39, 0.29) is 24.0 Å². The Kier molecular flexibility index (Phi) is 7.92. The smallest absolute Gasteiger partial charge is 0.193 e. The largest absolute Gasteiger partial charge is 0.355 e. The number of nitrogens with one attached hydrogen (secondary N) is 1. The van der Waals surface area contributed by atoms with Crippen molar-refractivity contribution in [1.29, 1.82) is 0 Å². The van der Waals surface area contributed by atoms with Crippen molar-refractivity contribution in [3.63, 3.8) is 0 Å². The fourth-order valence-corrected chi connectivity index (χ4v) is 3.76. The second kappa shape index (κ2) is 8.71. The lowest BCUT2D eigenvalue weighted by Crippen LogP contribution is -2.50. The van der Waals surface area contributed by atoms with Gasteiger partial charge in [-0.05, 0) is 45.1 Å². The lowest BCUT2D eigenvalue weighted by atomic mass is 9.93. The van der Waals surface area contributed by atoms with Crippen LogP contribution >= 0.6 is 24.0 Å². The van der Waals surface area contributed by atoms with Crippen molar-refractivity contribution in [2.45, 2.75) is 65.5 Å². The summed E-state index contributed by atoms with van der Waals surface area (Å²) in [5.74, 6) is 1.08. The molecule has 1 N–H and O–H groups in total. The van der Waals surface area contributed by atoms with Crippen LogP contribution in [0.15, 0.2) is 4.99 Å². The van der Waals surface area contributed by atoms with Gasteiger partial charge < -0.3 is 10.2 Å². The lowest BCUT2D eigenvalue weighted by molar-refractivity contribution is 0.115. The average Bonchev–Trinajstić information content (AvgIpc) is 2.80. The summed E-state index contributed by atoms with van der Waals surface area (Å²) >= 11 is 0. The van der Waals surface area contributed by atoms with Crippen molar-refractivity contribution < 1.29 is 0 Å². The van der Waals surface area contributed by atoms with Crippen LogP contribution < -0.4 is 5.32 Å². The molecule has 2 aliphatic heterocycles. The Morgan fingerprint density at radius 3 is 2.59 bits per heavy atom. The highest BCUT2D eigenvalue weighted by Crippen LogP contribution is 2.28. The topological polar surface area (TPSA) is 30.9 Å². The molecule has 0 aromatic carbocycles. The zero-order valence-electron chi connectivity index (χ0n) is 15.1. The van der Waals surface area contributed by atoms with Crippen molar-refractivity contribution in [1.82, 2.24) is 15.1 Å². The third kappa shape index (κ3) is 5.25. The molecular weight excluding hydrogens is 387 g/mol. The molecule has 130 valence electrons. The molecule has 2 atom stereocenters. The van der Waals surface area contributed by atoms with E-state index >= 15 is 0 Å². The summed E-state index contributed by atoms with van der Waals surface area (Å²) in [6.45, 7) is 13.9. The molecule has 0 aromatic heterocycles. The number of hydrogen-bond donors (Lipinski definition) is 1. The number of aliphatic imine (C=N–C) groups is 1. The van der Waals surface area contributed by atoms with Crippen molar-refractivity contribution in [3.05, 3.63) is 0 Å². The molecule has 2 heterocycles. The van der Waals surface area contributed by atoms with E-state index in [2.05, 4.69) is 47.8 Å². The maximum atomic E-state index is 4.48. The van der Waals surface area contributed by atoms with Gasteiger partial charge in [-0.15, -0.1) is 24.0 Å². The fraction of sp³-hybridized carbons (Fsp3) is 0.941. The number of hydrogen-bond acceptors (Lipinski definition) is 2. The molecule has 0 bridgehead atoms. The third-order valence-corrected chi connectivity index (χ3v) is 5.16. The second-order valence-corrected chi connectivity index (χ2v) is 7.70. The number of guanidine groups is 1. The zero-order valence-corrected chi connectivity index (χ0v) is 17.4. The van der Waals surface area contributed by atoms with Gasteiger partial charge in [0.15, 0.2) is 5.96 Å². The molecule has 5 heteroatoms. The van der Waals surface area contributed by atoms with Crippen molar-refractivity contribution >= 4 is 29.9 Å². The van der Waals surface area contributed by atoms with Crippen molar-refractivity contribution in [3.8, 4) is 0 Å². The van der Waals surface area contributed by atoms with Gasteiger partial charge in [0.2, 0.25) is 0 Å². The molecule has 0 radical (unpaired) electrons. The summed E-state index contributed by atoms with van der Waals surface area (Å²) in [5, 5.41) is 3.60. The molecule has 2 unspecified atom stereocenters. The highest BCUT2D eigenvalue weighted by molar-refractivity contribution is 14.0. The van der Waals surface area contributed by atoms with Gasteiger partial charge in [-0.1, -0.05) is 20.3 Å². The Balaban J connectivity index is 0.00000242. The van der Waals surface area contributed by atoms with Crippen molar-refractivity contribution in [2.75, 3.05) is 33.2 Å². The Bertz CT molecular complexity index is 370. The predicted molar refractivity (Wildman–Crippen MR) is 106 cm³/mol. The number of halogens is 1. The first-order chi connectivity index (χ1) is 9.93. The van der Waals surface area contributed by atoms with Gasteiger partial charge in [-0.2, -0.15) is 0 Å². The summed E-state index contributed by atoms with van der Waals surface area (Å²) in [4.78, 5) is 9.54. The van der Waals surface area contributed by atoms with Crippen LogP contribution in [0.4, 0.5) is 0 Å². The normalized spacial score (nSPS) is 27.4. The molecule has 0 aromatic rings. The predicted octanol–water partition coefficient (Wildman–Crippen LogP) is 3.17. The van der Waals surface area contributed by atoms with Gasteiger partial charge in [0.25, 0.3) is 0 Å². The highest BCUT2D eigenvalue weighted by Gasteiger charge is 2.31. The number of rotatable bonds is 3. The monoisotopic (exact) mass is 422 g/mol. The molecule has 0 spiro atoms. The van der Waals surface area contributed by atoms with E-state index < -0.39 is 0 Å². The molecular formula is C17H35IN4. The quantitative estimate of drug-likeness (QED) is 0.431. The molecule has 0 amide bonds. The van der Waals surface area contributed by atoms with Crippen LogP contribution in [0.1, 0.15) is 53.4 Å². The molecule has 0 saturated carbocycles. The maximum Gasteiger partial charge on any atom is 0.193 e. The van der Waals surface area contributed by atoms with Crippen LogP contribution in [0.3, 0.4) is 0 Å². The van der Waals surface area contributed by atoms with Gasteiger partial charge in [0.05, 0.1) is 0 Å². The Hall–Kier alpha value is -0.0400. The van der Waals surface area contributed by atoms with Gasteiger partial charge >= 0.3 is 0 Å². The molecule has 2 fully saturated rings. The second-order valence-electron chi connectivity index (χ2n) is 7.70. The average molecular weight is 422 g/mol. The van der Waals surface area contributed by atoms with Gasteiger partial charge in [0, 0.05) is 38.8 Å². The highest BCUT2D eigenvalue weighted by atomic mass is 127. The van der Waals surface area contributed by atoms with E-state index in [1.165, 1.54) is 32.2 Å². The van der Waals surface area contributed by atoms with Crippen molar-refractivity contribution in [2.24, 2.45) is 10.4 Å². The first-order valence-electron chi connectivity index (χ1n) is 8.64. The van der Waals surface area contributed by atoms with Gasteiger partial charge in [0.1, 0.15) is 0 Å². The zero-order chi connectivity index (χ0) is 15.5. The third-order valence-electron chi connectivity index (χ3n) is 5.16. The van der Waals surface area contributed by atoms with Crippen LogP contribution in [0, 0.1) is 5.41 Å². The minimum atomic E-state index is 0. The van der Waals surface area contributed by atoms with E-state index in [0.29, 0.717) is 11.5 Å². The van der Waals surface area contributed by atoms with Crippen LogP contribution in [0.25, 0.3) is 0 Å². The number of piperidine rings is 1. The van der Waals surface area contributed by atoms with Crippen LogP contribution in [-0.2, 0) is 0 Å². The van der Waals surface area contributed by atoms with Gasteiger partial charge in [-0.3, -0.25) is 9.89 Å². The lowest BCUT2D eigenvalue weighted by Gasteiger charge is -2.38.